The largest absolute Gasteiger partial charge is 0.338 e. The number of likely N-dealkylation sites (tertiary alicyclic amines) is 1. The molecule has 1 unspecified atom stereocenters. The lowest BCUT2D eigenvalue weighted by Crippen LogP contribution is -2.25. The summed E-state index contributed by atoms with van der Waals surface area (Å²) >= 11 is 6.14. The Balaban J connectivity index is 2.10. The van der Waals surface area contributed by atoms with Crippen LogP contribution >= 0.6 is 11.6 Å². The minimum atomic E-state index is 0.194. The molecule has 1 fully saturated rings. The number of nitrogens with zero attached hydrogens (tertiary/aromatic N) is 2. The summed E-state index contributed by atoms with van der Waals surface area (Å²) in [6.45, 7) is 5.63. The van der Waals surface area contributed by atoms with Gasteiger partial charge in [0.25, 0.3) is 0 Å². The molecule has 1 saturated heterocycles. The van der Waals surface area contributed by atoms with E-state index in [0.717, 1.165) is 12.1 Å². The highest BCUT2D eigenvalue weighted by molar-refractivity contribution is 6.31. The molecule has 1 aromatic carbocycles. The zero-order valence-corrected chi connectivity index (χ0v) is 11.9. The van der Waals surface area contributed by atoms with Gasteiger partial charge in [0.15, 0.2) is 0 Å². The zero-order valence-electron chi connectivity index (χ0n) is 11.2. The first-order valence-corrected chi connectivity index (χ1v) is 6.85. The predicted molar refractivity (Wildman–Crippen MR) is 74.5 cm³/mol. The molecular formula is C15H17ClN2O. The van der Waals surface area contributed by atoms with E-state index < -0.39 is 0 Å². The van der Waals surface area contributed by atoms with Gasteiger partial charge in [0.1, 0.15) is 0 Å². The van der Waals surface area contributed by atoms with Crippen molar-refractivity contribution in [3.05, 3.63) is 34.3 Å². The smallest absolute Gasteiger partial charge is 0.223 e. The highest BCUT2D eigenvalue weighted by Crippen LogP contribution is 2.27. The summed E-state index contributed by atoms with van der Waals surface area (Å²) in [5.74, 6) is 1.15. The second-order valence-corrected chi connectivity index (χ2v) is 5.81. The fourth-order valence-electron chi connectivity index (χ4n) is 2.35. The van der Waals surface area contributed by atoms with Crippen LogP contribution in [0.25, 0.3) is 0 Å². The minimum absolute atomic E-state index is 0.194. The van der Waals surface area contributed by atoms with Crippen LogP contribution in [0.3, 0.4) is 0 Å². The van der Waals surface area contributed by atoms with Crippen molar-refractivity contribution in [3.8, 4) is 6.07 Å². The highest BCUT2D eigenvalue weighted by atomic mass is 35.5. The van der Waals surface area contributed by atoms with Gasteiger partial charge in [0.2, 0.25) is 5.91 Å². The molecule has 19 heavy (non-hydrogen) atoms. The Morgan fingerprint density at radius 2 is 2.26 bits per heavy atom. The van der Waals surface area contributed by atoms with E-state index in [4.69, 9.17) is 16.9 Å². The number of halogens is 1. The summed E-state index contributed by atoms with van der Waals surface area (Å²) in [6, 6.07) is 7.27. The van der Waals surface area contributed by atoms with Gasteiger partial charge in [-0.3, -0.25) is 4.79 Å². The van der Waals surface area contributed by atoms with E-state index in [1.54, 1.807) is 12.1 Å². The van der Waals surface area contributed by atoms with Gasteiger partial charge in [-0.2, -0.15) is 5.26 Å². The van der Waals surface area contributed by atoms with E-state index in [9.17, 15) is 4.79 Å². The first-order chi connectivity index (χ1) is 9.01. The molecule has 0 aromatic heterocycles. The van der Waals surface area contributed by atoms with Crippen molar-refractivity contribution in [1.29, 1.82) is 5.26 Å². The normalized spacial score (nSPS) is 19.0. The molecule has 2 rings (SSSR count). The summed E-state index contributed by atoms with van der Waals surface area (Å²) in [6.07, 6.45) is 0.631. The van der Waals surface area contributed by atoms with Gasteiger partial charge in [-0.15, -0.1) is 0 Å². The van der Waals surface area contributed by atoms with Gasteiger partial charge in [0, 0.05) is 24.5 Å². The molecule has 0 aliphatic carbocycles. The lowest BCUT2D eigenvalue weighted by molar-refractivity contribution is -0.128. The van der Waals surface area contributed by atoms with Crippen molar-refractivity contribution in [2.45, 2.75) is 26.8 Å². The van der Waals surface area contributed by atoms with Crippen molar-refractivity contribution in [2.75, 3.05) is 6.54 Å². The number of nitriles is 1. The quantitative estimate of drug-likeness (QED) is 0.851. The monoisotopic (exact) mass is 276 g/mol. The van der Waals surface area contributed by atoms with Gasteiger partial charge >= 0.3 is 0 Å². The fourth-order valence-corrected chi connectivity index (χ4v) is 2.59. The van der Waals surface area contributed by atoms with Crippen molar-refractivity contribution < 1.29 is 4.79 Å². The van der Waals surface area contributed by atoms with Crippen LogP contribution in [0.15, 0.2) is 18.2 Å². The molecular weight excluding hydrogens is 260 g/mol. The summed E-state index contributed by atoms with van der Waals surface area (Å²) < 4.78 is 0. The SMILES string of the molecule is CC(C)C1CC(=O)N(Cc2ccc(C#N)cc2Cl)C1. The van der Waals surface area contributed by atoms with E-state index in [-0.39, 0.29) is 5.91 Å². The predicted octanol–water partition coefficient (Wildman–Crippen LogP) is 3.22. The van der Waals surface area contributed by atoms with E-state index in [1.807, 2.05) is 11.0 Å². The van der Waals surface area contributed by atoms with Crippen LogP contribution in [0.5, 0.6) is 0 Å². The molecule has 1 aromatic rings. The Bertz CT molecular complexity index is 533. The van der Waals surface area contributed by atoms with Crippen LogP contribution in [-0.4, -0.2) is 17.4 Å². The molecule has 100 valence electrons. The Hall–Kier alpha value is -1.53. The maximum Gasteiger partial charge on any atom is 0.223 e. The van der Waals surface area contributed by atoms with Crippen molar-refractivity contribution in [1.82, 2.24) is 4.90 Å². The first-order valence-electron chi connectivity index (χ1n) is 6.47. The molecule has 1 aliphatic rings. The third kappa shape index (κ3) is 3.08. The molecule has 0 saturated carbocycles. The Morgan fingerprint density at radius 1 is 1.53 bits per heavy atom. The summed E-state index contributed by atoms with van der Waals surface area (Å²) in [7, 11) is 0. The molecule has 3 nitrogen and oxygen atoms in total. The first kappa shape index (κ1) is 13.9. The summed E-state index contributed by atoms with van der Waals surface area (Å²) in [5.41, 5.74) is 1.44. The average molecular weight is 277 g/mol. The number of amides is 1. The summed E-state index contributed by atoms with van der Waals surface area (Å²) in [5, 5.41) is 9.36. The number of hydrogen-bond acceptors (Lipinski definition) is 2. The molecule has 1 atom stereocenters. The maximum atomic E-state index is 12.0. The van der Waals surface area contributed by atoms with Crippen molar-refractivity contribution >= 4 is 17.5 Å². The Kier molecular flexibility index (Phi) is 4.11. The zero-order chi connectivity index (χ0) is 14.0. The van der Waals surface area contributed by atoms with Crippen molar-refractivity contribution in [2.24, 2.45) is 11.8 Å². The van der Waals surface area contributed by atoms with E-state index in [1.165, 1.54) is 0 Å². The number of hydrogen-bond donors (Lipinski definition) is 0. The fraction of sp³-hybridized carbons (Fsp3) is 0.467. The maximum absolute atomic E-state index is 12.0. The lowest BCUT2D eigenvalue weighted by Gasteiger charge is -2.18. The standard InChI is InChI=1S/C15H17ClN2O/c1-10(2)13-6-15(19)18(9-13)8-12-4-3-11(7-17)5-14(12)16/h3-5,10,13H,6,8-9H2,1-2H3. The van der Waals surface area contributed by atoms with Crippen LogP contribution < -0.4 is 0 Å². The number of carbonyl (C=O) groups excluding carboxylic acids is 1. The van der Waals surface area contributed by atoms with Gasteiger partial charge in [-0.05, 0) is 29.5 Å². The highest BCUT2D eigenvalue weighted by Gasteiger charge is 2.31. The van der Waals surface area contributed by atoms with E-state index in [0.29, 0.717) is 35.4 Å². The van der Waals surface area contributed by atoms with Crippen LogP contribution in [0.4, 0.5) is 0 Å². The molecule has 0 radical (unpaired) electrons. The van der Waals surface area contributed by atoms with Crippen LogP contribution in [0, 0.1) is 23.2 Å². The molecule has 4 heteroatoms. The Labute approximate surface area is 118 Å². The lowest BCUT2D eigenvalue weighted by atomic mass is 9.95. The Morgan fingerprint density at radius 3 is 2.79 bits per heavy atom. The van der Waals surface area contributed by atoms with E-state index in [2.05, 4.69) is 19.9 Å². The van der Waals surface area contributed by atoms with E-state index >= 15 is 0 Å². The van der Waals surface area contributed by atoms with Gasteiger partial charge in [0.05, 0.1) is 11.6 Å². The average Bonchev–Trinajstić information content (AvgIpc) is 2.73. The second-order valence-electron chi connectivity index (χ2n) is 5.40. The van der Waals surface area contributed by atoms with Crippen LogP contribution in [0.1, 0.15) is 31.4 Å². The third-order valence-corrected chi connectivity index (χ3v) is 4.08. The van der Waals surface area contributed by atoms with Gasteiger partial charge in [-0.25, -0.2) is 0 Å². The van der Waals surface area contributed by atoms with Gasteiger partial charge < -0.3 is 4.90 Å². The van der Waals surface area contributed by atoms with Gasteiger partial charge in [-0.1, -0.05) is 31.5 Å². The molecule has 0 bridgehead atoms. The molecule has 1 heterocycles. The third-order valence-electron chi connectivity index (χ3n) is 3.73. The number of carbonyl (C=O) groups is 1. The molecule has 1 aliphatic heterocycles. The minimum Gasteiger partial charge on any atom is -0.338 e. The topological polar surface area (TPSA) is 44.1 Å². The molecule has 0 spiro atoms. The van der Waals surface area contributed by atoms with Crippen molar-refractivity contribution in [3.63, 3.8) is 0 Å². The number of benzene rings is 1. The molecule has 0 N–H and O–H groups in total. The summed E-state index contributed by atoms with van der Waals surface area (Å²) in [4.78, 5) is 13.8. The van der Waals surface area contributed by atoms with Crippen LogP contribution in [-0.2, 0) is 11.3 Å². The van der Waals surface area contributed by atoms with Crippen LogP contribution in [0.2, 0.25) is 5.02 Å². The number of rotatable bonds is 3. The second kappa shape index (κ2) is 5.63. The molecule has 1 amide bonds.